The van der Waals surface area contributed by atoms with E-state index in [4.69, 9.17) is 13.3 Å². The fourth-order valence-electron chi connectivity index (χ4n) is 2.93. The first-order valence-electron chi connectivity index (χ1n) is 8.37. The molecule has 0 saturated carbocycles. The molecule has 0 bridgehead atoms. The van der Waals surface area contributed by atoms with Crippen molar-refractivity contribution in [2.75, 3.05) is 39.8 Å². The maximum atomic E-state index is 12.4. The van der Waals surface area contributed by atoms with Crippen molar-refractivity contribution in [1.29, 1.82) is 0 Å². The molecule has 1 aliphatic rings. The predicted molar refractivity (Wildman–Crippen MR) is 92.4 cm³/mol. The summed E-state index contributed by atoms with van der Waals surface area (Å²) in [6, 6.07) is 10.7. The van der Waals surface area contributed by atoms with Gasteiger partial charge in [0.2, 0.25) is 5.78 Å². The van der Waals surface area contributed by atoms with Gasteiger partial charge in [0.15, 0.2) is 28.8 Å². The van der Waals surface area contributed by atoms with Crippen molar-refractivity contribution in [1.82, 2.24) is 9.80 Å². The first-order valence-corrected chi connectivity index (χ1v) is 8.37. The van der Waals surface area contributed by atoms with E-state index >= 15 is 0 Å². The number of ketones is 1. The van der Waals surface area contributed by atoms with Crippen LogP contribution in [0.1, 0.15) is 10.6 Å². The second-order valence-electron chi connectivity index (χ2n) is 6.31. The lowest BCUT2D eigenvalue weighted by atomic mass is 10.2. The van der Waals surface area contributed by atoms with Gasteiger partial charge in [-0.1, -0.05) is 0 Å². The summed E-state index contributed by atoms with van der Waals surface area (Å²) < 4.78 is 16.8. The normalized spacial score (nSPS) is 16.4. The highest BCUT2D eigenvalue weighted by atomic mass is 16.4. The van der Waals surface area contributed by atoms with Crippen molar-refractivity contribution in [3.63, 3.8) is 0 Å². The van der Waals surface area contributed by atoms with Gasteiger partial charge in [0.05, 0.1) is 12.8 Å². The van der Waals surface area contributed by atoms with Crippen molar-refractivity contribution in [3.8, 4) is 23.0 Å². The lowest BCUT2D eigenvalue weighted by Gasteiger charge is -2.31. The third-order valence-corrected chi connectivity index (χ3v) is 4.46. The Bertz CT molecular complexity index is 839. The molecule has 130 valence electrons. The van der Waals surface area contributed by atoms with Gasteiger partial charge in [-0.2, -0.15) is 0 Å². The summed E-state index contributed by atoms with van der Waals surface area (Å²) >= 11 is 0. The molecule has 1 saturated heterocycles. The third kappa shape index (κ3) is 3.45. The van der Waals surface area contributed by atoms with Crippen molar-refractivity contribution in [3.05, 3.63) is 48.4 Å². The summed E-state index contributed by atoms with van der Waals surface area (Å²) in [5.74, 6) is 2.76. The molecule has 0 spiro atoms. The molecule has 1 fully saturated rings. The maximum Gasteiger partial charge on any atom is 0.211 e. The second-order valence-corrected chi connectivity index (χ2v) is 6.31. The lowest BCUT2D eigenvalue weighted by molar-refractivity contribution is 0.0850. The summed E-state index contributed by atoms with van der Waals surface area (Å²) in [6.07, 6.45) is 1.60. The number of carbonyl (C=O) groups is 1. The molecular formula is C19H20N2O4. The highest BCUT2D eigenvalue weighted by molar-refractivity contribution is 5.95. The molecule has 6 nitrogen and oxygen atoms in total. The number of piperazine rings is 1. The van der Waals surface area contributed by atoms with Crippen LogP contribution in [-0.2, 0) is 0 Å². The fourth-order valence-corrected chi connectivity index (χ4v) is 2.93. The van der Waals surface area contributed by atoms with Gasteiger partial charge in [-0.05, 0) is 43.4 Å². The zero-order valence-corrected chi connectivity index (χ0v) is 14.1. The molecule has 0 unspecified atom stereocenters. The fraction of sp³-hybridized carbons (Fsp3) is 0.316. The smallest absolute Gasteiger partial charge is 0.211 e. The molecule has 4 rings (SSSR count). The highest BCUT2D eigenvalue weighted by Gasteiger charge is 2.20. The standard InChI is InChI=1S/C19H20N2O4/c1-20-8-10-21(11-9-20)13-14(22)15-4-5-18(24-15)19-7-6-17(25-19)16-3-2-12-23-16/h2-7,12H,8-11,13H2,1H3. The number of rotatable bonds is 5. The van der Waals surface area contributed by atoms with E-state index < -0.39 is 0 Å². The maximum absolute atomic E-state index is 12.4. The Hall–Kier alpha value is -2.57. The van der Waals surface area contributed by atoms with E-state index in [0.29, 0.717) is 35.3 Å². The average Bonchev–Trinajstić information content (AvgIpc) is 3.36. The molecule has 25 heavy (non-hydrogen) atoms. The zero-order valence-electron chi connectivity index (χ0n) is 14.1. The topological polar surface area (TPSA) is 63.0 Å². The van der Waals surface area contributed by atoms with Gasteiger partial charge in [-0.3, -0.25) is 9.69 Å². The first kappa shape index (κ1) is 15.9. The van der Waals surface area contributed by atoms with Gasteiger partial charge < -0.3 is 18.2 Å². The van der Waals surface area contributed by atoms with Gasteiger partial charge in [0.25, 0.3) is 0 Å². The van der Waals surface area contributed by atoms with Crippen LogP contribution < -0.4 is 0 Å². The van der Waals surface area contributed by atoms with Crippen molar-refractivity contribution < 1.29 is 18.0 Å². The molecule has 0 aliphatic carbocycles. The Kier molecular flexibility index (Phi) is 4.29. The summed E-state index contributed by atoms with van der Waals surface area (Å²) in [7, 11) is 2.10. The lowest BCUT2D eigenvalue weighted by Crippen LogP contribution is -2.46. The SMILES string of the molecule is CN1CCN(CC(=O)c2ccc(-c3ccc(-c4ccco4)o3)o2)CC1. The van der Waals surface area contributed by atoms with Crippen LogP contribution >= 0.6 is 0 Å². The minimum absolute atomic E-state index is 0.00591. The first-order chi connectivity index (χ1) is 12.2. The zero-order chi connectivity index (χ0) is 17.2. The van der Waals surface area contributed by atoms with E-state index in [9.17, 15) is 4.79 Å². The van der Waals surface area contributed by atoms with Crippen LogP contribution in [0.4, 0.5) is 0 Å². The largest absolute Gasteiger partial charge is 0.461 e. The summed E-state index contributed by atoms with van der Waals surface area (Å²) in [5, 5.41) is 0. The van der Waals surface area contributed by atoms with E-state index in [1.807, 2.05) is 18.2 Å². The quantitative estimate of drug-likeness (QED) is 0.665. The van der Waals surface area contributed by atoms with Crippen LogP contribution in [0.2, 0.25) is 0 Å². The molecule has 6 heteroatoms. The summed E-state index contributed by atoms with van der Waals surface area (Å²) in [4.78, 5) is 16.9. The summed E-state index contributed by atoms with van der Waals surface area (Å²) in [5.41, 5.74) is 0. The Morgan fingerprint density at radius 2 is 1.60 bits per heavy atom. The van der Waals surface area contributed by atoms with Crippen LogP contribution in [0.5, 0.6) is 0 Å². The van der Waals surface area contributed by atoms with Crippen LogP contribution in [0.3, 0.4) is 0 Å². The number of nitrogens with zero attached hydrogens (tertiary/aromatic N) is 2. The van der Waals surface area contributed by atoms with Crippen LogP contribution in [0, 0.1) is 0 Å². The number of likely N-dealkylation sites (N-methyl/N-ethyl adjacent to an activating group) is 1. The van der Waals surface area contributed by atoms with Gasteiger partial charge >= 0.3 is 0 Å². The molecule has 3 aromatic heterocycles. The molecular weight excluding hydrogens is 320 g/mol. The molecule has 0 amide bonds. The number of hydrogen-bond donors (Lipinski definition) is 0. The Labute approximate surface area is 145 Å². The second kappa shape index (κ2) is 6.74. The third-order valence-electron chi connectivity index (χ3n) is 4.46. The molecule has 1 aliphatic heterocycles. The van der Waals surface area contributed by atoms with Crippen LogP contribution in [-0.4, -0.2) is 55.4 Å². The van der Waals surface area contributed by atoms with Gasteiger partial charge in [-0.25, -0.2) is 0 Å². The van der Waals surface area contributed by atoms with E-state index in [1.165, 1.54) is 0 Å². The van der Waals surface area contributed by atoms with Gasteiger partial charge in [0.1, 0.15) is 0 Å². The Balaban J connectivity index is 1.44. The molecule has 0 N–H and O–H groups in total. The molecule has 0 atom stereocenters. The average molecular weight is 340 g/mol. The van der Waals surface area contributed by atoms with E-state index in [1.54, 1.807) is 24.5 Å². The monoisotopic (exact) mass is 340 g/mol. The number of Topliss-reactive ketones (excluding diaryl/α,β-unsaturated/α-hetero) is 1. The molecule has 4 heterocycles. The predicted octanol–water partition coefficient (Wildman–Crippen LogP) is 3.23. The summed E-state index contributed by atoms with van der Waals surface area (Å²) in [6.45, 7) is 4.16. The molecule has 0 aromatic carbocycles. The van der Waals surface area contributed by atoms with Crippen LogP contribution in [0.15, 0.2) is 55.9 Å². The molecule has 0 radical (unpaired) electrons. The van der Waals surface area contributed by atoms with Gasteiger partial charge in [0, 0.05) is 26.2 Å². The van der Waals surface area contributed by atoms with Gasteiger partial charge in [-0.15, -0.1) is 0 Å². The van der Waals surface area contributed by atoms with Crippen molar-refractivity contribution in [2.24, 2.45) is 0 Å². The minimum atomic E-state index is -0.00591. The Morgan fingerprint density at radius 3 is 2.32 bits per heavy atom. The Morgan fingerprint density at radius 1 is 0.920 bits per heavy atom. The minimum Gasteiger partial charge on any atom is -0.461 e. The van der Waals surface area contributed by atoms with E-state index in [-0.39, 0.29) is 5.78 Å². The molecule has 3 aromatic rings. The van der Waals surface area contributed by atoms with E-state index in [2.05, 4.69) is 16.8 Å². The highest BCUT2D eigenvalue weighted by Crippen LogP contribution is 2.30. The number of hydrogen-bond acceptors (Lipinski definition) is 6. The van der Waals surface area contributed by atoms with Crippen molar-refractivity contribution in [2.45, 2.75) is 0 Å². The number of carbonyl (C=O) groups excluding carboxylic acids is 1. The van der Waals surface area contributed by atoms with E-state index in [0.717, 1.165) is 26.2 Å². The number of furan rings is 3. The van der Waals surface area contributed by atoms with Crippen LogP contribution in [0.25, 0.3) is 23.0 Å². The van der Waals surface area contributed by atoms with Crippen molar-refractivity contribution >= 4 is 5.78 Å².